The van der Waals surface area contributed by atoms with E-state index in [0.29, 0.717) is 25.3 Å². The molecule has 0 bridgehead atoms. The number of carbonyl (C=O) groups is 2. The number of imide groups is 1. The first-order valence-corrected chi connectivity index (χ1v) is 14.2. The van der Waals surface area contributed by atoms with E-state index in [1.807, 2.05) is 19.1 Å². The van der Waals surface area contributed by atoms with Crippen LogP contribution in [0.15, 0.2) is 24.3 Å². The van der Waals surface area contributed by atoms with Crippen LogP contribution in [0.25, 0.3) is 0 Å². The Labute approximate surface area is 212 Å². The van der Waals surface area contributed by atoms with Gasteiger partial charge in [-0.1, -0.05) is 90.7 Å². The van der Waals surface area contributed by atoms with Crippen LogP contribution in [0.2, 0.25) is 0 Å². The number of aryl methyl sites for hydroxylation is 1. The summed E-state index contributed by atoms with van der Waals surface area (Å²) in [6.45, 7) is 8.24. The topological polar surface area (TPSA) is 59.1 Å². The summed E-state index contributed by atoms with van der Waals surface area (Å²) in [6.07, 6.45) is 15.4. The maximum Gasteiger partial charge on any atom is 0.237 e. The van der Waals surface area contributed by atoms with Crippen molar-refractivity contribution in [3.63, 3.8) is 0 Å². The Hall–Kier alpha value is -1.72. The Bertz CT molecular complexity index is 773. The van der Waals surface area contributed by atoms with Gasteiger partial charge in [-0.25, -0.2) is 0 Å². The number of nitrogens with zero attached hydrogens (tertiary/aromatic N) is 1. The number of carbonyl (C=O) groups excluding carboxylic acids is 2. The smallest absolute Gasteiger partial charge is 0.237 e. The van der Waals surface area contributed by atoms with Crippen molar-refractivity contribution in [2.45, 2.75) is 104 Å². The van der Waals surface area contributed by atoms with Crippen LogP contribution in [-0.4, -0.2) is 37.7 Å². The summed E-state index contributed by atoms with van der Waals surface area (Å²) in [4.78, 5) is 27.5. The Morgan fingerprint density at radius 3 is 2.14 bits per heavy atom. The van der Waals surface area contributed by atoms with Gasteiger partial charge in [0.1, 0.15) is 6.10 Å². The van der Waals surface area contributed by atoms with E-state index in [2.05, 4.69) is 26.0 Å². The largest absolute Gasteiger partial charge is 0.378 e. The summed E-state index contributed by atoms with van der Waals surface area (Å²) in [5.41, 5.74) is 1.98. The van der Waals surface area contributed by atoms with Gasteiger partial charge in [0.05, 0.1) is 24.8 Å². The number of amides is 2. The lowest BCUT2D eigenvalue weighted by Gasteiger charge is -2.18. The van der Waals surface area contributed by atoms with Crippen LogP contribution in [0.4, 0.5) is 5.69 Å². The van der Waals surface area contributed by atoms with Crippen LogP contribution in [0.5, 0.6) is 0 Å². The van der Waals surface area contributed by atoms with Crippen LogP contribution in [0.3, 0.4) is 0 Å². The molecule has 1 aromatic carbocycles. The van der Waals surface area contributed by atoms with Gasteiger partial charge >= 0.3 is 0 Å². The molecule has 4 unspecified atom stereocenters. The second-order valence-corrected chi connectivity index (χ2v) is 10.8. The van der Waals surface area contributed by atoms with Gasteiger partial charge in [0.2, 0.25) is 11.8 Å². The number of benzene rings is 1. The highest BCUT2D eigenvalue weighted by atomic mass is 16.6. The van der Waals surface area contributed by atoms with Gasteiger partial charge < -0.3 is 9.47 Å². The highest BCUT2D eigenvalue weighted by molar-refractivity contribution is 6.21. The second-order valence-electron chi connectivity index (χ2n) is 10.8. The molecular formula is C30H47NO4. The van der Waals surface area contributed by atoms with Gasteiger partial charge in [0, 0.05) is 12.5 Å². The lowest BCUT2D eigenvalue weighted by atomic mass is 9.88. The third kappa shape index (κ3) is 9.02. The fraction of sp³-hybridized carbons (Fsp3) is 0.733. The zero-order valence-electron chi connectivity index (χ0n) is 22.3. The van der Waals surface area contributed by atoms with Crippen molar-refractivity contribution in [3.05, 3.63) is 29.8 Å². The molecule has 0 aliphatic carbocycles. The average molecular weight is 486 g/mol. The predicted molar refractivity (Wildman–Crippen MR) is 141 cm³/mol. The summed E-state index contributed by atoms with van der Waals surface area (Å²) < 4.78 is 10.9. The van der Waals surface area contributed by atoms with Crippen molar-refractivity contribution >= 4 is 17.5 Å². The van der Waals surface area contributed by atoms with Gasteiger partial charge in [0.15, 0.2) is 0 Å². The highest BCUT2D eigenvalue weighted by Gasteiger charge is 2.46. The molecule has 2 saturated heterocycles. The van der Waals surface area contributed by atoms with E-state index in [1.165, 1.54) is 74.7 Å². The maximum absolute atomic E-state index is 13.2. The number of anilines is 1. The minimum absolute atomic E-state index is 0.0673. The predicted octanol–water partition coefficient (Wildman–Crippen LogP) is 6.72. The van der Waals surface area contributed by atoms with Crippen molar-refractivity contribution in [2.75, 3.05) is 24.7 Å². The Kier molecular flexibility index (Phi) is 11.7. The molecule has 0 radical (unpaired) electrons. The van der Waals surface area contributed by atoms with E-state index in [4.69, 9.17) is 9.47 Å². The van der Waals surface area contributed by atoms with Crippen LogP contribution in [0.1, 0.15) is 97.0 Å². The van der Waals surface area contributed by atoms with Crippen molar-refractivity contribution in [3.8, 4) is 0 Å². The maximum atomic E-state index is 13.2. The first-order chi connectivity index (χ1) is 17.0. The van der Waals surface area contributed by atoms with E-state index in [1.54, 1.807) is 0 Å². The highest BCUT2D eigenvalue weighted by Crippen LogP contribution is 2.35. The lowest BCUT2D eigenvalue weighted by molar-refractivity contribution is -0.122. The van der Waals surface area contributed by atoms with E-state index in [0.717, 1.165) is 13.0 Å². The summed E-state index contributed by atoms with van der Waals surface area (Å²) in [5, 5.41) is 0. The zero-order valence-corrected chi connectivity index (χ0v) is 22.3. The quantitative estimate of drug-likeness (QED) is 0.132. The molecule has 2 aliphatic heterocycles. The fourth-order valence-corrected chi connectivity index (χ4v) is 5.12. The van der Waals surface area contributed by atoms with Crippen molar-refractivity contribution < 1.29 is 19.1 Å². The molecule has 2 heterocycles. The molecule has 3 rings (SSSR count). The number of hydrogen-bond donors (Lipinski definition) is 0. The minimum atomic E-state index is -0.289. The fourth-order valence-electron chi connectivity index (χ4n) is 5.12. The van der Waals surface area contributed by atoms with Crippen LogP contribution in [-0.2, 0) is 25.5 Å². The molecule has 5 heteroatoms. The van der Waals surface area contributed by atoms with Crippen LogP contribution >= 0.6 is 0 Å². The molecular weight excluding hydrogens is 438 g/mol. The molecule has 4 atom stereocenters. The zero-order chi connectivity index (χ0) is 25.0. The second kappa shape index (κ2) is 14.7. The van der Waals surface area contributed by atoms with Crippen molar-refractivity contribution in [1.29, 1.82) is 0 Å². The third-order valence-corrected chi connectivity index (χ3v) is 7.53. The molecule has 0 N–H and O–H groups in total. The van der Waals surface area contributed by atoms with Gasteiger partial charge in [-0.15, -0.1) is 0 Å². The number of ether oxygens (including phenoxy) is 2. The molecule has 2 aliphatic rings. The first-order valence-electron chi connectivity index (χ1n) is 14.2. The molecule has 2 amide bonds. The molecule has 196 valence electrons. The van der Waals surface area contributed by atoms with Crippen LogP contribution in [0, 0.1) is 17.8 Å². The van der Waals surface area contributed by atoms with Crippen LogP contribution < -0.4 is 4.90 Å². The van der Waals surface area contributed by atoms with Gasteiger partial charge in [-0.3, -0.25) is 14.5 Å². The van der Waals surface area contributed by atoms with Gasteiger partial charge in [-0.05, 0) is 42.9 Å². The number of hydrogen-bond acceptors (Lipinski definition) is 4. The molecule has 1 aromatic rings. The molecule has 0 saturated carbocycles. The van der Waals surface area contributed by atoms with Crippen molar-refractivity contribution in [2.24, 2.45) is 17.8 Å². The first kappa shape index (κ1) is 27.9. The summed E-state index contributed by atoms with van der Waals surface area (Å²) in [6, 6.07) is 8.05. The lowest BCUT2D eigenvalue weighted by Crippen LogP contribution is -2.31. The monoisotopic (exact) mass is 485 g/mol. The standard InChI is InChI=1S/C30H47NO4/c1-4-5-6-7-8-9-10-11-12-13-14-25-15-17-26(18-16-25)31-29(32)24(3)28(30(31)33)19-23(2)20-34-21-27-22-35-27/h15-18,23-24,27-28H,4-14,19-22H2,1-3H3. The third-order valence-electron chi connectivity index (χ3n) is 7.53. The number of rotatable bonds is 18. The Morgan fingerprint density at radius 1 is 0.943 bits per heavy atom. The molecule has 0 spiro atoms. The minimum Gasteiger partial charge on any atom is -0.378 e. The Morgan fingerprint density at radius 2 is 1.54 bits per heavy atom. The molecule has 35 heavy (non-hydrogen) atoms. The van der Waals surface area contributed by atoms with Gasteiger partial charge in [-0.2, -0.15) is 0 Å². The number of unbranched alkanes of at least 4 members (excludes halogenated alkanes) is 9. The average Bonchev–Trinajstić information content (AvgIpc) is 3.65. The van der Waals surface area contributed by atoms with E-state index in [9.17, 15) is 9.59 Å². The summed E-state index contributed by atoms with van der Waals surface area (Å²) >= 11 is 0. The molecule has 5 nitrogen and oxygen atoms in total. The van der Waals surface area contributed by atoms with E-state index in [-0.39, 0.29) is 35.7 Å². The van der Waals surface area contributed by atoms with E-state index < -0.39 is 0 Å². The van der Waals surface area contributed by atoms with Crippen molar-refractivity contribution in [1.82, 2.24) is 0 Å². The SMILES string of the molecule is CCCCCCCCCCCCc1ccc(N2C(=O)C(C)C(CC(C)COCC3CO3)C2=O)cc1. The number of epoxide rings is 1. The Balaban J connectivity index is 1.37. The van der Waals surface area contributed by atoms with Gasteiger partial charge in [0.25, 0.3) is 0 Å². The summed E-state index contributed by atoms with van der Waals surface area (Å²) in [5.74, 6) is -0.488. The van der Waals surface area contributed by atoms with E-state index >= 15 is 0 Å². The normalized spacial score (nSPS) is 22.7. The molecule has 0 aromatic heterocycles. The summed E-state index contributed by atoms with van der Waals surface area (Å²) in [7, 11) is 0. The molecule has 2 fully saturated rings.